The summed E-state index contributed by atoms with van der Waals surface area (Å²) in [7, 11) is 0. The Labute approximate surface area is 90.4 Å². The summed E-state index contributed by atoms with van der Waals surface area (Å²) in [4.78, 5) is 11.1. The molecule has 0 radical (unpaired) electrons. The predicted octanol–water partition coefficient (Wildman–Crippen LogP) is 2.80. The molecule has 1 unspecified atom stereocenters. The van der Waals surface area contributed by atoms with Gasteiger partial charge < -0.3 is 9.15 Å². The van der Waals surface area contributed by atoms with Gasteiger partial charge in [-0.25, -0.2) is 0 Å². The number of carbonyl (C=O) groups excluding carboxylic acids is 1. The van der Waals surface area contributed by atoms with Crippen molar-refractivity contribution in [2.75, 3.05) is 6.61 Å². The first-order valence-corrected chi connectivity index (χ1v) is 5.40. The molecule has 3 heteroatoms. The van der Waals surface area contributed by atoms with Crippen LogP contribution in [-0.4, -0.2) is 12.6 Å². The SMILES string of the molecule is CCOC(=O)CCC(C)Cc1ccco1. The van der Waals surface area contributed by atoms with E-state index in [0.29, 0.717) is 18.9 Å². The average Bonchev–Trinajstić information content (AvgIpc) is 2.68. The Morgan fingerprint density at radius 3 is 3.00 bits per heavy atom. The summed E-state index contributed by atoms with van der Waals surface area (Å²) in [5.74, 6) is 1.32. The van der Waals surface area contributed by atoms with Crippen molar-refractivity contribution >= 4 is 5.97 Å². The second kappa shape index (κ2) is 6.27. The maximum Gasteiger partial charge on any atom is 0.305 e. The molecule has 3 nitrogen and oxygen atoms in total. The molecule has 1 rings (SSSR count). The van der Waals surface area contributed by atoms with Gasteiger partial charge in [0, 0.05) is 12.8 Å². The summed E-state index contributed by atoms with van der Waals surface area (Å²) >= 11 is 0. The standard InChI is InChI=1S/C12H18O3/c1-3-14-12(13)7-6-10(2)9-11-5-4-8-15-11/h4-5,8,10H,3,6-7,9H2,1-2H3. The second-order valence-corrected chi connectivity index (χ2v) is 3.73. The molecule has 0 aliphatic rings. The molecule has 0 saturated carbocycles. The van der Waals surface area contributed by atoms with Crippen molar-refractivity contribution < 1.29 is 13.9 Å². The highest BCUT2D eigenvalue weighted by atomic mass is 16.5. The van der Waals surface area contributed by atoms with Gasteiger partial charge in [0.2, 0.25) is 0 Å². The molecule has 84 valence electrons. The van der Waals surface area contributed by atoms with Crippen LogP contribution in [0, 0.1) is 5.92 Å². The lowest BCUT2D eigenvalue weighted by atomic mass is 10.0. The maximum absolute atomic E-state index is 11.1. The predicted molar refractivity (Wildman–Crippen MR) is 57.4 cm³/mol. The molecule has 15 heavy (non-hydrogen) atoms. The Hall–Kier alpha value is -1.25. The molecule has 1 heterocycles. The topological polar surface area (TPSA) is 39.4 Å². The third-order valence-corrected chi connectivity index (χ3v) is 2.28. The molecule has 0 N–H and O–H groups in total. The van der Waals surface area contributed by atoms with E-state index in [4.69, 9.17) is 9.15 Å². The van der Waals surface area contributed by atoms with E-state index in [1.807, 2.05) is 19.1 Å². The molecule has 1 aromatic rings. The number of esters is 1. The van der Waals surface area contributed by atoms with Gasteiger partial charge in [-0.05, 0) is 31.4 Å². The fraction of sp³-hybridized carbons (Fsp3) is 0.583. The van der Waals surface area contributed by atoms with Crippen LogP contribution in [0.25, 0.3) is 0 Å². The molecule has 0 fully saturated rings. The monoisotopic (exact) mass is 210 g/mol. The van der Waals surface area contributed by atoms with Gasteiger partial charge in [-0.2, -0.15) is 0 Å². The number of rotatable bonds is 6. The van der Waals surface area contributed by atoms with Crippen LogP contribution in [0.3, 0.4) is 0 Å². The van der Waals surface area contributed by atoms with Crippen LogP contribution in [0.5, 0.6) is 0 Å². The van der Waals surface area contributed by atoms with Crippen molar-refractivity contribution in [1.82, 2.24) is 0 Å². The number of ether oxygens (including phenoxy) is 1. The zero-order valence-corrected chi connectivity index (χ0v) is 9.36. The van der Waals surface area contributed by atoms with Gasteiger partial charge in [-0.15, -0.1) is 0 Å². The van der Waals surface area contributed by atoms with E-state index in [2.05, 4.69) is 6.92 Å². The molecule has 1 aromatic heterocycles. The van der Waals surface area contributed by atoms with E-state index >= 15 is 0 Å². The summed E-state index contributed by atoms with van der Waals surface area (Å²) < 4.78 is 10.1. The van der Waals surface area contributed by atoms with E-state index in [-0.39, 0.29) is 5.97 Å². The lowest BCUT2D eigenvalue weighted by molar-refractivity contribution is -0.143. The van der Waals surface area contributed by atoms with Crippen molar-refractivity contribution in [2.24, 2.45) is 5.92 Å². The van der Waals surface area contributed by atoms with Crippen LogP contribution in [-0.2, 0) is 16.0 Å². The normalized spacial score (nSPS) is 12.4. The second-order valence-electron chi connectivity index (χ2n) is 3.73. The molecular formula is C12H18O3. The minimum absolute atomic E-state index is 0.108. The van der Waals surface area contributed by atoms with Crippen LogP contribution in [0.15, 0.2) is 22.8 Å². The number of hydrogen-bond acceptors (Lipinski definition) is 3. The third kappa shape index (κ3) is 4.68. The number of hydrogen-bond donors (Lipinski definition) is 0. The van der Waals surface area contributed by atoms with Crippen molar-refractivity contribution in [2.45, 2.75) is 33.1 Å². The Morgan fingerprint density at radius 2 is 2.40 bits per heavy atom. The Balaban J connectivity index is 2.19. The first-order chi connectivity index (χ1) is 7.22. The van der Waals surface area contributed by atoms with Crippen molar-refractivity contribution in [3.05, 3.63) is 24.2 Å². The average molecular weight is 210 g/mol. The van der Waals surface area contributed by atoms with Crippen LogP contribution in [0.4, 0.5) is 0 Å². The van der Waals surface area contributed by atoms with Crippen LogP contribution < -0.4 is 0 Å². The summed E-state index contributed by atoms with van der Waals surface area (Å²) in [5, 5.41) is 0. The van der Waals surface area contributed by atoms with Crippen molar-refractivity contribution in [3.63, 3.8) is 0 Å². The van der Waals surface area contributed by atoms with Gasteiger partial charge in [0.15, 0.2) is 0 Å². The summed E-state index contributed by atoms with van der Waals surface area (Å²) in [6, 6.07) is 3.84. The Bertz CT molecular complexity index is 277. The van der Waals surface area contributed by atoms with E-state index < -0.39 is 0 Å². The van der Waals surface area contributed by atoms with Gasteiger partial charge in [0.25, 0.3) is 0 Å². The molecule has 0 saturated heterocycles. The zero-order chi connectivity index (χ0) is 11.1. The highest BCUT2D eigenvalue weighted by molar-refractivity contribution is 5.69. The molecule has 0 aliphatic carbocycles. The lowest BCUT2D eigenvalue weighted by Crippen LogP contribution is -2.07. The molecule has 1 atom stereocenters. The minimum Gasteiger partial charge on any atom is -0.469 e. The lowest BCUT2D eigenvalue weighted by Gasteiger charge is -2.08. The fourth-order valence-corrected chi connectivity index (χ4v) is 1.47. The van der Waals surface area contributed by atoms with Gasteiger partial charge in [-0.3, -0.25) is 4.79 Å². The first-order valence-electron chi connectivity index (χ1n) is 5.40. The van der Waals surface area contributed by atoms with Crippen LogP contribution >= 0.6 is 0 Å². The first kappa shape index (κ1) is 11.8. The quantitative estimate of drug-likeness (QED) is 0.678. The smallest absolute Gasteiger partial charge is 0.305 e. The summed E-state index contributed by atoms with van der Waals surface area (Å²) in [6.45, 7) is 4.40. The number of furan rings is 1. The summed E-state index contributed by atoms with van der Waals surface area (Å²) in [6.07, 6.45) is 3.90. The van der Waals surface area contributed by atoms with E-state index in [1.54, 1.807) is 6.26 Å². The molecule has 0 spiro atoms. The molecular weight excluding hydrogens is 192 g/mol. The van der Waals surface area contributed by atoms with Crippen molar-refractivity contribution in [1.29, 1.82) is 0 Å². The van der Waals surface area contributed by atoms with E-state index in [1.165, 1.54) is 0 Å². The maximum atomic E-state index is 11.1. The fourth-order valence-electron chi connectivity index (χ4n) is 1.47. The van der Waals surface area contributed by atoms with Gasteiger partial charge in [0.1, 0.15) is 5.76 Å². The van der Waals surface area contributed by atoms with Crippen molar-refractivity contribution in [3.8, 4) is 0 Å². The van der Waals surface area contributed by atoms with Gasteiger partial charge in [0.05, 0.1) is 12.9 Å². The summed E-state index contributed by atoms with van der Waals surface area (Å²) in [5.41, 5.74) is 0. The zero-order valence-electron chi connectivity index (χ0n) is 9.36. The van der Waals surface area contributed by atoms with E-state index in [0.717, 1.165) is 18.6 Å². The Kier molecular flexibility index (Phi) is 4.95. The van der Waals surface area contributed by atoms with Crippen LogP contribution in [0.1, 0.15) is 32.4 Å². The minimum atomic E-state index is -0.108. The largest absolute Gasteiger partial charge is 0.469 e. The highest BCUT2D eigenvalue weighted by Crippen LogP contribution is 2.14. The highest BCUT2D eigenvalue weighted by Gasteiger charge is 2.09. The van der Waals surface area contributed by atoms with Gasteiger partial charge >= 0.3 is 5.97 Å². The molecule has 0 aliphatic heterocycles. The molecule has 0 amide bonds. The molecule has 0 aromatic carbocycles. The van der Waals surface area contributed by atoms with Crippen LogP contribution in [0.2, 0.25) is 0 Å². The molecule has 0 bridgehead atoms. The Morgan fingerprint density at radius 1 is 1.60 bits per heavy atom. The number of carbonyl (C=O) groups is 1. The van der Waals surface area contributed by atoms with Gasteiger partial charge in [-0.1, -0.05) is 6.92 Å². The third-order valence-electron chi connectivity index (χ3n) is 2.28. The van der Waals surface area contributed by atoms with E-state index in [9.17, 15) is 4.79 Å².